The topological polar surface area (TPSA) is 42.0 Å². The Bertz CT molecular complexity index is 623. The molecule has 98 valence electrons. The molecule has 0 spiro atoms. The van der Waals surface area contributed by atoms with Gasteiger partial charge in [0.1, 0.15) is 5.15 Å². The molecule has 1 aromatic carbocycles. The normalized spacial score (nSPS) is 10.3. The van der Waals surface area contributed by atoms with E-state index in [1.54, 1.807) is 12.1 Å². The molecule has 6 heteroatoms. The number of carbonyl (C=O) groups is 1. The minimum atomic E-state index is -0.302. The molecule has 0 aliphatic heterocycles. The molecule has 0 saturated heterocycles. The Kier molecular flexibility index (Phi) is 4.60. The van der Waals surface area contributed by atoms with E-state index in [1.165, 1.54) is 6.20 Å². The molecular weight excluding hydrogens is 395 g/mol. The van der Waals surface area contributed by atoms with Crippen LogP contribution in [-0.2, 0) is 0 Å². The van der Waals surface area contributed by atoms with Crippen molar-refractivity contribution in [3.05, 3.63) is 55.7 Å². The average molecular weight is 404 g/mol. The van der Waals surface area contributed by atoms with Gasteiger partial charge in [0.25, 0.3) is 5.91 Å². The molecule has 2 aromatic rings. The van der Waals surface area contributed by atoms with Crippen molar-refractivity contribution in [2.24, 2.45) is 0 Å². The SMILES string of the molecule is Cc1cc(Br)c(NC(=O)c2cccnc2Cl)c(Br)c1. The highest BCUT2D eigenvalue weighted by atomic mass is 79.9. The summed E-state index contributed by atoms with van der Waals surface area (Å²) in [6.07, 6.45) is 1.54. The standard InChI is InChI=1S/C13H9Br2ClN2O/c1-7-5-9(14)11(10(15)6-7)18-13(19)8-3-2-4-17-12(8)16/h2-6H,1H3,(H,18,19). The van der Waals surface area contributed by atoms with Gasteiger partial charge in [0.15, 0.2) is 0 Å². The average Bonchev–Trinajstić information content (AvgIpc) is 2.34. The number of hydrogen-bond acceptors (Lipinski definition) is 2. The maximum Gasteiger partial charge on any atom is 0.258 e. The number of nitrogens with zero attached hydrogens (tertiary/aromatic N) is 1. The van der Waals surface area contributed by atoms with Crippen LogP contribution in [-0.4, -0.2) is 10.9 Å². The predicted molar refractivity (Wildman–Crippen MR) is 83.8 cm³/mol. The number of halogens is 3. The Morgan fingerprint density at radius 2 is 1.95 bits per heavy atom. The molecule has 1 N–H and O–H groups in total. The van der Waals surface area contributed by atoms with Crippen molar-refractivity contribution in [3.8, 4) is 0 Å². The predicted octanol–water partition coefficient (Wildman–Crippen LogP) is 4.82. The van der Waals surface area contributed by atoms with Crippen molar-refractivity contribution in [2.75, 3.05) is 5.32 Å². The minimum Gasteiger partial charge on any atom is -0.320 e. The lowest BCUT2D eigenvalue weighted by Crippen LogP contribution is -2.13. The van der Waals surface area contributed by atoms with Gasteiger partial charge in [0, 0.05) is 15.1 Å². The lowest BCUT2D eigenvalue weighted by atomic mass is 10.2. The fraction of sp³-hybridized carbons (Fsp3) is 0.0769. The van der Waals surface area contributed by atoms with Crippen LogP contribution in [0.1, 0.15) is 15.9 Å². The number of benzene rings is 1. The summed E-state index contributed by atoms with van der Waals surface area (Å²) in [6.45, 7) is 1.97. The number of pyridine rings is 1. The molecule has 0 atom stereocenters. The number of carbonyl (C=O) groups excluding carboxylic acids is 1. The van der Waals surface area contributed by atoms with Gasteiger partial charge in [0.2, 0.25) is 0 Å². The zero-order chi connectivity index (χ0) is 14.0. The molecular formula is C13H9Br2ClN2O. The third-order valence-corrected chi connectivity index (χ3v) is 3.98. The number of aromatic nitrogens is 1. The van der Waals surface area contributed by atoms with Crippen molar-refractivity contribution in [1.82, 2.24) is 4.98 Å². The Labute approximate surface area is 132 Å². The maximum absolute atomic E-state index is 12.1. The summed E-state index contributed by atoms with van der Waals surface area (Å²) in [6, 6.07) is 7.14. The first kappa shape index (κ1) is 14.5. The van der Waals surface area contributed by atoms with Gasteiger partial charge in [-0.15, -0.1) is 0 Å². The van der Waals surface area contributed by atoms with Gasteiger partial charge in [-0.2, -0.15) is 0 Å². The van der Waals surface area contributed by atoms with Crippen molar-refractivity contribution < 1.29 is 4.79 Å². The van der Waals surface area contributed by atoms with Gasteiger partial charge < -0.3 is 5.32 Å². The number of hydrogen-bond donors (Lipinski definition) is 1. The van der Waals surface area contributed by atoms with E-state index in [2.05, 4.69) is 42.2 Å². The van der Waals surface area contributed by atoms with Crippen LogP contribution >= 0.6 is 43.5 Å². The Balaban J connectivity index is 2.32. The summed E-state index contributed by atoms with van der Waals surface area (Å²) >= 11 is 12.7. The summed E-state index contributed by atoms with van der Waals surface area (Å²) in [5, 5.41) is 2.99. The molecule has 0 radical (unpaired) electrons. The maximum atomic E-state index is 12.1. The van der Waals surface area contributed by atoms with E-state index in [0.717, 1.165) is 14.5 Å². The fourth-order valence-corrected chi connectivity index (χ4v) is 3.37. The lowest BCUT2D eigenvalue weighted by Gasteiger charge is -2.11. The van der Waals surface area contributed by atoms with Gasteiger partial charge >= 0.3 is 0 Å². The quantitative estimate of drug-likeness (QED) is 0.729. The third kappa shape index (κ3) is 3.35. The van der Waals surface area contributed by atoms with Crippen molar-refractivity contribution >= 4 is 55.1 Å². The smallest absolute Gasteiger partial charge is 0.258 e. The highest BCUT2D eigenvalue weighted by Crippen LogP contribution is 2.32. The number of aryl methyl sites for hydroxylation is 1. The van der Waals surface area contributed by atoms with Crippen LogP contribution in [0.25, 0.3) is 0 Å². The molecule has 1 amide bonds. The monoisotopic (exact) mass is 402 g/mol. The van der Waals surface area contributed by atoms with E-state index < -0.39 is 0 Å². The van der Waals surface area contributed by atoms with Crippen molar-refractivity contribution in [1.29, 1.82) is 0 Å². The van der Waals surface area contributed by atoms with Crippen LogP contribution in [0.5, 0.6) is 0 Å². The molecule has 0 unspecified atom stereocenters. The Morgan fingerprint density at radius 3 is 2.53 bits per heavy atom. The summed E-state index contributed by atoms with van der Waals surface area (Å²) in [4.78, 5) is 16.0. The van der Waals surface area contributed by atoms with E-state index in [9.17, 15) is 4.79 Å². The van der Waals surface area contributed by atoms with Crippen LogP contribution in [0.3, 0.4) is 0 Å². The molecule has 0 bridgehead atoms. The van der Waals surface area contributed by atoms with Crippen LogP contribution < -0.4 is 5.32 Å². The number of amides is 1. The highest BCUT2D eigenvalue weighted by molar-refractivity contribution is 9.11. The summed E-state index contributed by atoms with van der Waals surface area (Å²) in [7, 11) is 0. The first-order chi connectivity index (χ1) is 8.99. The largest absolute Gasteiger partial charge is 0.320 e. The zero-order valence-electron chi connectivity index (χ0n) is 9.88. The van der Waals surface area contributed by atoms with Crippen LogP contribution in [0.2, 0.25) is 5.15 Å². The van der Waals surface area contributed by atoms with E-state index in [1.807, 2.05) is 19.1 Å². The minimum absolute atomic E-state index is 0.180. The molecule has 0 aliphatic rings. The number of anilines is 1. The van der Waals surface area contributed by atoms with Crippen LogP contribution in [0.15, 0.2) is 39.4 Å². The molecule has 2 rings (SSSR count). The van der Waals surface area contributed by atoms with Crippen molar-refractivity contribution in [2.45, 2.75) is 6.92 Å². The Morgan fingerprint density at radius 1 is 1.32 bits per heavy atom. The highest BCUT2D eigenvalue weighted by Gasteiger charge is 2.14. The first-order valence-electron chi connectivity index (χ1n) is 5.36. The second-order valence-corrected chi connectivity index (χ2v) is 5.97. The van der Waals surface area contributed by atoms with E-state index >= 15 is 0 Å². The Hall–Kier alpha value is -0.910. The third-order valence-electron chi connectivity index (χ3n) is 2.43. The van der Waals surface area contributed by atoms with E-state index in [-0.39, 0.29) is 11.1 Å². The van der Waals surface area contributed by atoms with Crippen LogP contribution in [0.4, 0.5) is 5.69 Å². The van der Waals surface area contributed by atoms with Gasteiger partial charge in [0.05, 0.1) is 11.3 Å². The molecule has 19 heavy (non-hydrogen) atoms. The van der Waals surface area contributed by atoms with Crippen LogP contribution in [0, 0.1) is 6.92 Å². The molecule has 0 fully saturated rings. The zero-order valence-corrected chi connectivity index (χ0v) is 13.8. The van der Waals surface area contributed by atoms with Crippen molar-refractivity contribution in [3.63, 3.8) is 0 Å². The second kappa shape index (κ2) is 6.03. The fourth-order valence-electron chi connectivity index (χ4n) is 1.56. The van der Waals surface area contributed by atoms with Gasteiger partial charge in [-0.3, -0.25) is 4.79 Å². The molecule has 3 nitrogen and oxygen atoms in total. The summed E-state index contributed by atoms with van der Waals surface area (Å²) in [5.41, 5.74) is 2.08. The summed E-state index contributed by atoms with van der Waals surface area (Å²) in [5.74, 6) is -0.302. The number of rotatable bonds is 2. The van der Waals surface area contributed by atoms with Gasteiger partial charge in [-0.25, -0.2) is 4.98 Å². The number of nitrogens with one attached hydrogen (secondary N) is 1. The van der Waals surface area contributed by atoms with Gasteiger partial charge in [-0.1, -0.05) is 11.6 Å². The molecule has 1 aromatic heterocycles. The molecule has 0 saturated carbocycles. The van der Waals surface area contributed by atoms with E-state index in [4.69, 9.17) is 11.6 Å². The first-order valence-corrected chi connectivity index (χ1v) is 7.33. The lowest BCUT2D eigenvalue weighted by molar-refractivity contribution is 0.102. The molecule has 0 aliphatic carbocycles. The second-order valence-electron chi connectivity index (χ2n) is 3.90. The van der Waals surface area contributed by atoms with Gasteiger partial charge in [-0.05, 0) is 68.6 Å². The summed E-state index contributed by atoms with van der Waals surface area (Å²) < 4.78 is 1.60. The van der Waals surface area contributed by atoms with E-state index in [0.29, 0.717) is 11.3 Å². The molecule has 1 heterocycles.